The zero-order valence-corrected chi connectivity index (χ0v) is 13.9. The van der Waals surface area contributed by atoms with Gasteiger partial charge >= 0.3 is 0 Å². The van der Waals surface area contributed by atoms with Gasteiger partial charge in [0, 0.05) is 31.0 Å². The van der Waals surface area contributed by atoms with Crippen molar-refractivity contribution in [2.45, 2.75) is 25.3 Å². The second-order valence-corrected chi connectivity index (χ2v) is 7.04. The Morgan fingerprint density at radius 1 is 1.04 bits per heavy atom. The summed E-state index contributed by atoms with van der Waals surface area (Å²) in [7, 11) is 0. The summed E-state index contributed by atoms with van der Waals surface area (Å²) in [6.45, 7) is 2.44. The van der Waals surface area contributed by atoms with E-state index in [2.05, 4.69) is 20.0 Å². The Morgan fingerprint density at radius 2 is 1.84 bits per heavy atom. The highest BCUT2D eigenvalue weighted by atomic mass is 16.1. The van der Waals surface area contributed by atoms with Crippen LogP contribution in [0.25, 0.3) is 11.0 Å². The molecule has 1 aliphatic carbocycles. The maximum Gasteiger partial charge on any atom is 0.266 e. The third kappa shape index (κ3) is 2.77. The zero-order chi connectivity index (χ0) is 16.8. The third-order valence-corrected chi connectivity index (χ3v) is 5.03. The Hall–Kier alpha value is -2.76. The molecule has 2 aromatic heterocycles. The minimum Gasteiger partial charge on any atom is -0.354 e. The fraction of sp³-hybridized carbons (Fsp3) is 0.368. The second-order valence-electron chi connectivity index (χ2n) is 7.04. The molecule has 0 unspecified atom stereocenters. The molecule has 1 aromatic carbocycles. The van der Waals surface area contributed by atoms with Crippen molar-refractivity contribution in [1.82, 2.24) is 19.7 Å². The minimum atomic E-state index is -0.00616. The molecule has 1 saturated carbocycles. The summed E-state index contributed by atoms with van der Waals surface area (Å²) in [6.07, 6.45) is 4.22. The van der Waals surface area contributed by atoms with Crippen LogP contribution in [0.1, 0.15) is 24.5 Å². The molecule has 126 valence electrons. The highest BCUT2D eigenvalue weighted by Gasteiger charge is 2.30. The van der Waals surface area contributed by atoms with E-state index in [0.717, 1.165) is 35.6 Å². The van der Waals surface area contributed by atoms with E-state index in [0.29, 0.717) is 18.4 Å². The molecule has 0 spiro atoms. The first-order valence-electron chi connectivity index (χ1n) is 8.81. The Morgan fingerprint density at radius 3 is 2.64 bits per heavy atom. The molecular formula is C19H19N5O. The number of hydrogen-bond donors (Lipinski definition) is 0. The van der Waals surface area contributed by atoms with Crippen molar-refractivity contribution >= 4 is 16.9 Å². The predicted octanol–water partition coefficient (Wildman–Crippen LogP) is 2.20. The van der Waals surface area contributed by atoms with Crippen LogP contribution in [0.2, 0.25) is 0 Å². The monoisotopic (exact) mass is 333 g/mol. The van der Waals surface area contributed by atoms with Crippen LogP contribution >= 0.6 is 0 Å². The molecule has 5 rings (SSSR count). The van der Waals surface area contributed by atoms with Gasteiger partial charge in [0.2, 0.25) is 0 Å². The molecule has 3 heterocycles. The van der Waals surface area contributed by atoms with Crippen LogP contribution in [0.4, 0.5) is 5.82 Å². The number of aromatic nitrogens is 4. The van der Waals surface area contributed by atoms with Crippen molar-refractivity contribution in [1.29, 1.82) is 0 Å². The Kier molecular flexibility index (Phi) is 3.29. The van der Waals surface area contributed by atoms with Gasteiger partial charge in [-0.05, 0) is 31.0 Å². The molecule has 2 aliphatic rings. The number of benzene rings is 1. The van der Waals surface area contributed by atoms with Crippen molar-refractivity contribution in [2.24, 2.45) is 5.92 Å². The van der Waals surface area contributed by atoms with Crippen molar-refractivity contribution < 1.29 is 0 Å². The van der Waals surface area contributed by atoms with Gasteiger partial charge in [0.1, 0.15) is 5.82 Å². The van der Waals surface area contributed by atoms with E-state index >= 15 is 0 Å². The molecule has 6 heteroatoms. The highest BCUT2D eigenvalue weighted by Crippen LogP contribution is 2.38. The lowest BCUT2D eigenvalue weighted by molar-refractivity contribution is 0.331. The van der Waals surface area contributed by atoms with Gasteiger partial charge in [-0.2, -0.15) is 5.10 Å². The molecule has 6 nitrogen and oxygen atoms in total. The average molecular weight is 333 g/mol. The van der Waals surface area contributed by atoms with E-state index in [9.17, 15) is 4.79 Å². The standard InChI is InChI=1S/C19H19N5O/c25-19-8-7-15(14-5-6-14)22-24(19)12-13-10-23(11-13)18-9-20-16-3-1-2-4-17(16)21-18/h1-4,7-9,13-14H,5-6,10-12H2. The Labute approximate surface area is 145 Å². The number of hydrogen-bond acceptors (Lipinski definition) is 5. The first kappa shape index (κ1) is 14.6. The first-order chi connectivity index (χ1) is 12.3. The second kappa shape index (κ2) is 5.65. The van der Waals surface area contributed by atoms with Gasteiger partial charge in [0.15, 0.2) is 0 Å². The summed E-state index contributed by atoms with van der Waals surface area (Å²) in [6, 6.07) is 11.4. The summed E-state index contributed by atoms with van der Waals surface area (Å²) < 4.78 is 1.64. The lowest BCUT2D eigenvalue weighted by atomic mass is 10.0. The van der Waals surface area contributed by atoms with Crippen LogP contribution in [-0.4, -0.2) is 32.8 Å². The van der Waals surface area contributed by atoms with Crippen LogP contribution in [0, 0.1) is 5.92 Å². The summed E-state index contributed by atoms with van der Waals surface area (Å²) >= 11 is 0. The van der Waals surface area contributed by atoms with Gasteiger partial charge < -0.3 is 4.90 Å². The summed E-state index contributed by atoms with van der Waals surface area (Å²) in [5.74, 6) is 1.90. The number of anilines is 1. The van der Waals surface area contributed by atoms with Gasteiger partial charge in [-0.3, -0.25) is 9.78 Å². The lowest BCUT2D eigenvalue weighted by Gasteiger charge is -2.40. The third-order valence-electron chi connectivity index (χ3n) is 5.03. The molecule has 0 bridgehead atoms. The zero-order valence-electron chi connectivity index (χ0n) is 13.9. The van der Waals surface area contributed by atoms with Crippen LogP contribution < -0.4 is 10.5 Å². The molecule has 0 radical (unpaired) electrons. The molecule has 0 N–H and O–H groups in total. The number of rotatable bonds is 4. The summed E-state index contributed by atoms with van der Waals surface area (Å²) in [5, 5.41) is 4.55. The fourth-order valence-corrected chi connectivity index (χ4v) is 3.41. The average Bonchev–Trinajstić information content (AvgIpc) is 3.44. The largest absolute Gasteiger partial charge is 0.354 e. The number of fused-ring (bicyclic) bond motifs is 1. The van der Waals surface area contributed by atoms with Crippen molar-refractivity contribution in [3.05, 3.63) is 58.6 Å². The van der Waals surface area contributed by atoms with E-state index in [-0.39, 0.29) is 5.56 Å². The lowest BCUT2D eigenvalue weighted by Crippen LogP contribution is -2.50. The van der Waals surface area contributed by atoms with E-state index in [1.807, 2.05) is 36.5 Å². The normalized spacial score (nSPS) is 17.7. The Balaban J connectivity index is 1.28. The van der Waals surface area contributed by atoms with Crippen molar-refractivity contribution in [3.63, 3.8) is 0 Å². The molecule has 25 heavy (non-hydrogen) atoms. The number of nitrogens with zero attached hydrogens (tertiary/aromatic N) is 5. The summed E-state index contributed by atoms with van der Waals surface area (Å²) in [5.41, 5.74) is 2.89. The van der Waals surface area contributed by atoms with Gasteiger partial charge in [-0.1, -0.05) is 12.1 Å². The van der Waals surface area contributed by atoms with E-state index in [1.165, 1.54) is 12.8 Å². The van der Waals surface area contributed by atoms with Crippen LogP contribution in [0.3, 0.4) is 0 Å². The molecule has 2 fully saturated rings. The number of para-hydroxylation sites is 2. The smallest absolute Gasteiger partial charge is 0.266 e. The molecule has 0 atom stereocenters. The maximum atomic E-state index is 12.1. The first-order valence-corrected chi connectivity index (χ1v) is 8.81. The van der Waals surface area contributed by atoms with Crippen LogP contribution in [0.5, 0.6) is 0 Å². The van der Waals surface area contributed by atoms with E-state index in [1.54, 1.807) is 10.7 Å². The Bertz CT molecular complexity index is 988. The van der Waals surface area contributed by atoms with Gasteiger partial charge in [-0.25, -0.2) is 9.67 Å². The van der Waals surface area contributed by atoms with Crippen LogP contribution in [-0.2, 0) is 6.54 Å². The molecule has 3 aromatic rings. The molecule has 1 saturated heterocycles. The highest BCUT2D eigenvalue weighted by molar-refractivity contribution is 5.75. The van der Waals surface area contributed by atoms with Crippen molar-refractivity contribution in [2.75, 3.05) is 18.0 Å². The van der Waals surface area contributed by atoms with E-state index < -0.39 is 0 Å². The maximum absolute atomic E-state index is 12.1. The fourth-order valence-electron chi connectivity index (χ4n) is 3.41. The van der Waals surface area contributed by atoms with Crippen LogP contribution in [0.15, 0.2) is 47.4 Å². The molecular weight excluding hydrogens is 314 g/mol. The summed E-state index contributed by atoms with van der Waals surface area (Å²) in [4.78, 5) is 23.4. The quantitative estimate of drug-likeness (QED) is 0.732. The van der Waals surface area contributed by atoms with Crippen molar-refractivity contribution in [3.8, 4) is 0 Å². The topological polar surface area (TPSA) is 63.9 Å². The molecule has 1 aliphatic heterocycles. The van der Waals surface area contributed by atoms with Gasteiger partial charge in [-0.15, -0.1) is 0 Å². The predicted molar refractivity (Wildman–Crippen MR) is 95.7 cm³/mol. The minimum absolute atomic E-state index is 0.00616. The molecule has 0 amide bonds. The SMILES string of the molecule is O=c1ccc(C2CC2)nn1CC1CN(c2cnc3ccccc3n2)C1. The van der Waals surface area contributed by atoms with Gasteiger partial charge in [0.25, 0.3) is 5.56 Å². The van der Waals surface area contributed by atoms with Gasteiger partial charge in [0.05, 0.1) is 29.5 Å². The van der Waals surface area contributed by atoms with E-state index in [4.69, 9.17) is 0 Å².